The van der Waals surface area contributed by atoms with Gasteiger partial charge < -0.3 is 10.6 Å². The van der Waals surface area contributed by atoms with Gasteiger partial charge in [0.05, 0.1) is 6.54 Å². The first kappa shape index (κ1) is 25.6. The highest BCUT2D eigenvalue weighted by atomic mass is 127. The Morgan fingerprint density at radius 1 is 1.23 bits per heavy atom. The lowest BCUT2D eigenvalue weighted by atomic mass is 10.0. The summed E-state index contributed by atoms with van der Waals surface area (Å²) in [5.74, 6) is 1.45. The topological polar surface area (TPSA) is 73.8 Å². The Kier molecular flexibility index (Phi) is 12.0. The number of thiophene rings is 1. The van der Waals surface area contributed by atoms with E-state index in [9.17, 15) is 8.42 Å². The minimum Gasteiger partial charge on any atom is -0.357 e. The van der Waals surface area contributed by atoms with Crippen molar-refractivity contribution >= 4 is 51.3 Å². The minimum atomic E-state index is -3.37. The quantitative estimate of drug-likeness (QED) is 0.300. The highest BCUT2D eigenvalue weighted by Crippen LogP contribution is 2.24. The lowest BCUT2D eigenvalue weighted by Gasteiger charge is -2.18. The summed E-state index contributed by atoms with van der Waals surface area (Å²) in [6, 6.07) is 3.82. The van der Waals surface area contributed by atoms with Gasteiger partial charge in [-0.05, 0) is 44.7 Å². The Bertz CT molecular complexity index is 657. The molecule has 0 saturated heterocycles. The maximum Gasteiger partial charge on any atom is 0.252 e. The van der Waals surface area contributed by atoms with Gasteiger partial charge >= 0.3 is 0 Å². The van der Waals surface area contributed by atoms with E-state index in [2.05, 4.69) is 36.4 Å². The Balaban J connectivity index is 0.00000625. The highest BCUT2D eigenvalue weighted by molar-refractivity contribution is 14.0. The second kappa shape index (κ2) is 12.1. The van der Waals surface area contributed by atoms with Crippen molar-refractivity contribution in [3.05, 3.63) is 17.0 Å². The lowest BCUT2D eigenvalue weighted by Crippen LogP contribution is -2.42. The standard InChI is InChI=1S/C17H32N4O2S2.HI/c1-7-18-17(20-14(4)9-8-13(2)3)19-12-15-10-11-16(24-15)25(22,23)21(5)6;/h10-11,13-14H,7-9,12H2,1-6H3,(H2,18,19,20);1H. The Hall–Kier alpha value is -0.390. The highest BCUT2D eigenvalue weighted by Gasteiger charge is 2.19. The molecule has 0 aliphatic carbocycles. The number of hydrogen-bond acceptors (Lipinski definition) is 4. The number of guanidine groups is 1. The smallest absolute Gasteiger partial charge is 0.252 e. The molecule has 1 heterocycles. The molecule has 0 bridgehead atoms. The van der Waals surface area contributed by atoms with Crippen LogP contribution in [0.3, 0.4) is 0 Å². The molecular weight excluding hydrogens is 483 g/mol. The number of nitrogens with one attached hydrogen (secondary N) is 2. The van der Waals surface area contributed by atoms with Crippen molar-refractivity contribution in [3.8, 4) is 0 Å². The van der Waals surface area contributed by atoms with Gasteiger partial charge in [-0.2, -0.15) is 0 Å². The van der Waals surface area contributed by atoms with E-state index < -0.39 is 10.0 Å². The molecule has 0 fully saturated rings. The zero-order valence-corrected chi connectivity index (χ0v) is 20.5. The Morgan fingerprint density at radius 2 is 1.88 bits per heavy atom. The largest absolute Gasteiger partial charge is 0.357 e. The van der Waals surface area contributed by atoms with Crippen LogP contribution in [0.5, 0.6) is 0 Å². The number of hydrogen-bond donors (Lipinski definition) is 2. The van der Waals surface area contributed by atoms with Gasteiger partial charge in [0.25, 0.3) is 10.0 Å². The molecule has 9 heteroatoms. The molecule has 0 amide bonds. The average Bonchev–Trinajstić information content (AvgIpc) is 3.00. The molecule has 0 saturated carbocycles. The molecule has 1 aromatic rings. The van der Waals surface area contributed by atoms with Gasteiger partial charge in [-0.1, -0.05) is 13.8 Å². The molecule has 0 radical (unpaired) electrons. The number of sulfonamides is 1. The van der Waals surface area contributed by atoms with E-state index in [1.807, 2.05) is 13.0 Å². The van der Waals surface area contributed by atoms with Gasteiger partial charge in [-0.3, -0.25) is 0 Å². The van der Waals surface area contributed by atoms with Crippen molar-refractivity contribution in [1.82, 2.24) is 14.9 Å². The summed E-state index contributed by atoms with van der Waals surface area (Å²) in [5.41, 5.74) is 0. The van der Waals surface area contributed by atoms with Crippen molar-refractivity contribution < 1.29 is 8.42 Å². The monoisotopic (exact) mass is 516 g/mol. The third kappa shape index (κ3) is 8.53. The summed E-state index contributed by atoms with van der Waals surface area (Å²) in [6.45, 7) is 9.88. The summed E-state index contributed by atoms with van der Waals surface area (Å²) >= 11 is 1.27. The first-order valence-electron chi connectivity index (χ1n) is 8.72. The zero-order chi connectivity index (χ0) is 19.0. The minimum absolute atomic E-state index is 0. The molecule has 152 valence electrons. The van der Waals surface area contributed by atoms with E-state index in [4.69, 9.17) is 0 Å². The van der Waals surface area contributed by atoms with Crippen LogP contribution in [0.1, 0.15) is 45.4 Å². The van der Waals surface area contributed by atoms with Gasteiger partial charge in [-0.15, -0.1) is 35.3 Å². The van der Waals surface area contributed by atoms with Crippen LogP contribution in [0.4, 0.5) is 0 Å². The SMILES string of the molecule is CCNC(=NCc1ccc(S(=O)(=O)N(C)C)s1)NC(C)CCC(C)C.I. The third-order valence-electron chi connectivity index (χ3n) is 3.67. The van der Waals surface area contributed by atoms with Crippen LogP contribution < -0.4 is 10.6 Å². The Morgan fingerprint density at radius 3 is 2.42 bits per heavy atom. The average molecular weight is 517 g/mol. The maximum absolute atomic E-state index is 12.1. The van der Waals surface area contributed by atoms with Crippen molar-refractivity contribution in [1.29, 1.82) is 0 Å². The van der Waals surface area contributed by atoms with Crippen LogP contribution in [0, 0.1) is 5.92 Å². The van der Waals surface area contributed by atoms with Crippen molar-refractivity contribution in [3.63, 3.8) is 0 Å². The second-order valence-electron chi connectivity index (χ2n) is 6.72. The summed E-state index contributed by atoms with van der Waals surface area (Å²) in [7, 11) is -0.287. The van der Waals surface area contributed by atoms with Crippen molar-refractivity contribution in [2.45, 2.75) is 57.3 Å². The van der Waals surface area contributed by atoms with Gasteiger partial charge in [0, 0.05) is 31.6 Å². The third-order valence-corrected chi connectivity index (χ3v) is 7.02. The van der Waals surface area contributed by atoms with Gasteiger partial charge in [0.1, 0.15) is 4.21 Å². The molecule has 1 atom stereocenters. The molecule has 26 heavy (non-hydrogen) atoms. The predicted molar refractivity (Wildman–Crippen MR) is 122 cm³/mol. The van der Waals surface area contributed by atoms with E-state index >= 15 is 0 Å². The predicted octanol–water partition coefficient (Wildman–Crippen LogP) is 3.50. The number of halogens is 1. The summed E-state index contributed by atoms with van der Waals surface area (Å²) in [6.07, 6.45) is 2.26. The summed E-state index contributed by atoms with van der Waals surface area (Å²) in [5, 5.41) is 6.66. The number of aliphatic imine (C=N–C) groups is 1. The van der Waals surface area contributed by atoms with Crippen LogP contribution in [-0.2, 0) is 16.6 Å². The zero-order valence-electron chi connectivity index (χ0n) is 16.6. The molecule has 2 N–H and O–H groups in total. The fourth-order valence-corrected chi connectivity index (χ4v) is 4.58. The molecule has 0 spiro atoms. The van der Waals surface area contributed by atoms with E-state index in [1.54, 1.807) is 20.2 Å². The van der Waals surface area contributed by atoms with Crippen LogP contribution in [-0.4, -0.2) is 45.4 Å². The molecule has 1 aromatic heterocycles. The van der Waals surface area contributed by atoms with E-state index in [-0.39, 0.29) is 24.0 Å². The molecule has 6 nitrogen and oxygen atoms in total. The first-order chi connectivity index (χ1) is 11.7. The van der Waals surface area contributed by atoms with Gasteiger partial charge in [0.15, 0.2) is 5.96 Å². The molecule has 0 aliphatic rings. The molecule has 0 aromatic carbocycles. The van der Waals surface area contributed by atoms with Gasteiger partial charge in [-0.25, -0.2) is 17.7 Å². The Labute approximate surface area is 179 Å². The molecular formula is C17H33IN4O2S2. The number of rotatable bonds is 9. The van der Waals surface area contributed by atoms with Crippen LogP contribution >= 0.6 is 35.3 Å². The van der Waals surface area contributed by atoms with Gasteiger partial charge in [0.2, 0.25) is 0 Å². The molecule has 0 aliphatic heterocycles. The molecule has 1 rings (SSSR count). The van der Waals surface area contributed by atoms with Crippen LogP contribution in [0.15, 0.2) is 21.3 Å². The second-order valence-corrected chi connectivity index (χ2v) is 10.3. The van der Waals surface area contributed by atoms with E-state index in [0.717, 1.165) is 23.8 Å². The molecule has 1 unspecified atom stereocenters. The van der Waals surface area contributed by atoms with Crippen LogP contribution in [0.2, 0.25) is 0 Å². The lowest BCUT2D eigenvalue weighted by molar-refractivity contribution is 0.489. The maximum atomic E-state index is 12.1. The normalized spacial score (nSPS) is 13.6. The summed E-state index contributed by atoms with van der Waals surface area (Å²) in [4.78, 5) is 5.51. The summed E-state index contributed by atoms with van der Waals surface area (Å²) < 4.78 is 25.9. The fourth-order valence-electron chi connectivity index (χ4n) is 2.13. The van der Waals surface area contributed by atoms with Crippen molar-refractivity contribution in [2.24, 2.45) is 10.9 Å². The van der Waals surface area contributed by atoms with E-state index in [1.165, 1.54) is 22.1 Å². The van der Waals surface area contributed by atoms with E-state index in [0.29, 0.717) is 22.7 Å². The fraction of sp³-hybridized carbons (Fsp3) is 0.706. The van der Waals surface area contributed by atoms with Crippen LogP contribution in [0.25, 0.3) is 0 Å². The number of nitrogens with zero attached hydrogens (tertiary/aromatic N) is 2. The first-order valence-corrected chi connectivity index (χ1v) is 11.0. The van der Waals surface area contributed by atoms with Crippen molar-refractivity contribution in [2.75, 3.05) is 20.6 Å².